The third-order valence-corrected chi connectivity index (χ3v) is 2.48. The monoisotopic (exact) mass is 275 g/mol. The van der Waals surface area contributed by atoms with E-state index in [-0.39, 0.29) is 17.9 Å². The van der Waals surface area contributed by atoms with Crippen molar-refractivity contribution in [2.45, 2.75) is 12.5 Å². The van der Waals surface area contributed by atoms with Crippen LogP contribution in [-0.4, -0.2) is 27.3 Å². The summed E-state index contributed by atoms with van der Waals surface area (Å²) in [6.07, 6.45) is 0.114. The summed E-state index contributed by atoms with van der Waals surface area (Å²) >= 11 is 0. The molecule has 0 saturated heterocycles. The van der Waals surface area contributed by atoms with E-state index in [0.717, 1.165) is 0 Å². The van der Waals surface area contributed by atoms with Crippen LogP contribution in [0.15, 0.2) is 54.6 Å². The predicted octanol–water partition coefficient (Wildman–Crippen LogP) is 1.74. The second-order valence-electron chi connectivity index (χ2n) is 4.13. The molecule has 0 bridgehead atoms. The van der Waals surface area contributed by atoms with Crippen molar-refractivity contribution in [2.75, 3.05) is 0 Å². The van der Waals surface area contributed by atoms with Gasteiger partial charge in [0.2, 0.25) is 0 Å². The minimum Gasteiger partial charge on any atom is -0.504 e. The molecule has 2 aromatic rings. The number of aromatic hydroxyl groups is 2. The molecule has 5 nitrogen and oxygen atoms in total. The molecule has 0 amide bonds. The van der Waals surface area contributed by atoms with Crippen LogP contribution in [0, 0.1) is 0 Å². The van der Waals surface area contributed by atoms with Gasteiger partial charge >= 0.3 is 5.97 Å². The summed E-state index contributed by atoms with van der Waals surface area (Å²) in [6.45, 7) is 0. The number of carboxylic acids is 1. The minimum atomic E-state index is -1.10. The van der Waals surface area contributed by atoms with Gasteiger partial charge in [-0.05, 0) is 24.1 Å². The van der Waals surface area contributed by atoms with Crippen molar-refractivity contribution in [1.29, 1.82) is 0 Å². The number of hydrogen-bond donors (Lipinski definition) is 4. The number of benzene rings is 2. The van der Waals surface area contributed by atoms with Crippen molar-refractivity contribution in [3.8, 4) is 11.5 Å². The highest BCUT2D eigenvalue weighted by atomic mass is 16.4. The van der Waals surface area contributed by atoms with Gasteiger partial charge in [-0.2, -0.15) is 0 Å². The maximum atomic E-state index is 10.4. The lowest BCUT2D eigenvalue weighted by Gasteiger charge is -2.06. The highest BCUT2D eigenvalue weighted by Gasteiger charge is 2.12. The topological polar surface area (TPSA) is 104 Å². The first kappa shape index (κ1) is 15.5. The minimum absolute atomic E-state index is 0.114. The van der Waals surface area contributed by atoms with Gasteiger partial charge in [0.1, 0.15) is 6.04 Å². The van der Waals surface area contributed by atoms with Crippen molar-refractivity contribution in [1.82, 2.24) is 0 Å². The molecule has 2 rings (SSSR count). The molecule has 0 fully saturated rings. The Morgan fingerprint density at radius 2 is 1.50 bits per heavy atom. The Hall–Kier alpha value is -2.53. The maximum Gasteiger partial charge on any atom is 0.320 e. The zero-order chi connectivity index (χ0) is 15.0. The van der Waals surface area contributed by atoms with Crippen molar-refractivity contribution in [3.05, 3.63) is 60.2 Å². The Kier molecular flexibility index (Phi) is 6.06. The first-order valence-electron chi connectivity index (χ1n) is 6.00. The van der Waals surface area contributed by atoms with Crippen molar-refractivity contribution < 1.29 is 20.1 Å². The van der Waals surface area contributed by atoms with Crippen LogP contribution in [-0.2, 0) is 11.2 Å². The van der Waals surface area contributed by atoms with Crippen LogP contribution in [0.4, 0.5) is 0 Å². The number of aliphatic carboxylic acids is 1. The zero-order valence-corrected chi connectivity index (χ0v) is 10.8. The molecule has 0 saturated carbocycles. The quantitative estimate of drug-likeness (QED) is 0.639. The molecule has 0 heterocycles. The molecule has 0 aliphatic carbocycles. The van der Waals surface area contributed by atoms with Crippen molar-refractivity contribution in [3.63, 3.8) is 0 Å². The molecule has 0 aliphatic heterocycles. The number of phenols is 2. The lowest BCUT2D eigenvalue weighted by Crippen LogP contribution is -2.32. The number of carbonyl (C=O) groups is 1. The number of carboxylic acid groups (broad SMARTS) is 1. The molecule has 0 aliphatic rings. The molecule has 5 N–H and O–H groups in total. The van der Waals surface area contributed by atoms with E-state index in [1.165, 1.54) is 18.2 Å². The lowest BCUT2D eigenvalue weighted by molar-refractivity contribution is -0.138. The summed E-state index contributed by atoms with van der Waals surface area (Å²) in [5, 5.41) is 26.6. The second-order valence-corrected chi connectivity index (χ2v) is 4.13. The fraction of sp³-hybridized carbons (Fsp3) is 0.133. The molecule has 1 unspecified atom stereocenters. The lowest BCUT2D eigenvalue weighted by atomic mass is 10.1. The first-order chi connectivity index (χ1) is 9.50. The maximum absolute atomic E-state index is 10.4. The van der Waals surface area contributed by atoms with E-state index in [9.17, 15) is 4.79 Å². The smallest absolute Gasteiger partial charge is 0.320 e. The van der Waals surface area contributed by atoms with Gasteiger partial charge in [-0.15, -0.1) is 0 Å². The van der Waals surface area contributed by atoms with Crippen LogP contribution in [0.1, 0.15) is 5.56 Å². The van der Waals surface area contributed by atoms with Crippen molar-refractivity contribution in [2.24, 2.45) is 5.73 Å². The van der Waals surface area contributed by atoms with Gasteiger partial charge in [-0.25, -0.2) is 0 Å². The predicted molar refractivity (Wildman–Crippen MR) is 75.5 cm³/mol. The average Bonchev–Trinajstić information content (AvgIpc) is 2.45. The van der Waals surface area contributed by atoms with Gasteiger partial charge in [-0.1, -0.05) is 42.5 Å². The van der Waals surface area contributed by atoms with Gasteiger partial charge in [0, 0.05) is 0 Å². The summed E-state index contributed by atoms with van der Waals surface area (Å²) in [7, 11) is 0. The highest BCUT2D eigenvalue weighted by Crippen LogP contribution is 2.25. The number of nitrogens with two attached hydrogens (primary N) is 1. The van der Waals surface area contributed by atoms with Gasteiger partial charge in [0.25, 0.3) is 0 Å². The summed E-state index contributed by atoms with van der Waals surface area (Å²) in [5.41, 5.74) is 5.86. The fourth-order valence-electron chi connectivity index (χ4n) is 1.42. The van der Waals surface area contributed by atoms with Crippen LogP contribution in [0.5, 0.6) is 11.5 Å². The standard InChI is InChI=1S/C9H11NO4.C6H6/c10-6(9(13)14)3-5-1-2-7(11)8(12)4-5;1-2-4-6-5-3-1/h1-2,4,6,11-12H,3,10H2,(H,13,14);1-6H. The molecular formula is C15H17NO4. The Bertz CT molecular complexity index is 516. The van der Waals surface area contributed by atoms with Gasteiger partial charge in [0.05, 0.1) is 0 Å². The van der Waals surface area contributed by atoms with Gasteiger partial charge < -0.3 is 21.1 Å². The van der Waals surface area contributed by atoms with Crippen LogP contribution >= 0.6 is 0 Å². The van der Waals surface area contributed by atoms with E-state index in [2.05, 4.69) is 0 Å². The van der Waals surface area contributed by atoms with Crippen LogP contribution in [0.3, 0.4) is 0 Å². The number of hydrogen-bond acceptors (Lipinski definition) is 4. The Balaban J connectivity index is 0.000000276. The zero-order valence-electron chi connectivity index (χ0n) is 10.8. The Morgan fingerprint density at radius 1 is 1.00 bits per heavy atom. The van der Waals surface area contributed by atoms with Crippen molar-refractivity contribution >= 4 is 5.97 Å². The number of phenolic OH excluding ortho intramolecular Hbond substituents is 2. The van der Waals surface area contributed by atoms with E-state index in [4.69, 9.17) is 21.1 Å². The largest absolute Gasteiger partial charge is 0.504 e. The van der Waals surface area contributed by atoms with Gasteiger partial charge in [-0.3, -0.25) is 4.79 Å². The summed E-state index contributed by atoms with van der Waals surface area (Å²) in [5.74, 6) is -1.62. The van der Waals surface area contributed by atoms with E-state index >= 15 is 0 Å². The molecular weight excluding hydrogens is 258 g/mol. The molecule has 1 atom stereocenters. The summed E-state index contributed by atoms with van der Waals surface area (Å²) in [4.78, 5) is 10.4. The van der Waals surface area contributed by atoms with E-state index in [1.54, 1.807) is 0 Å². The molecule has 106 valence electrons. The SMILES string of the molecule is NC(Cc1ccc(O)c(O)c1)C(=O)O.c1ccccc1. The normalized spacial score (nSPS) is 11.1. The molecule has 2 aromatic carbocycles. The molecule has 0 aromatic heterocycles. The van der Waals surface area contributed by atoms with E-state index in [1.807, 2.05) is 36.4 Å². The average molecular weight is 275 g/mol. The van der Waals surface area contributed by atoms with Crippen LogP contribution in [0.25, 0.3) is 0 Å². The number of rotatable bonds is 3. The van der Waals surface area contributed by atoms with Gasteiger partial charge in [0.15, 0.2) is 11.5 Å². The fourth-order valence-corrected chi connectivity index (χ4v) is 1.42. The highest BCUT2D eigenvalue weighted by molar-refractivity contribution is 5.73. The molecule has 0 spiro atoms. The third-order valence-electron chi connectivity index (χ3n) is 2.48. The summed E-state index contributed by atoms with van der Waals surface area (Å²) < 4.78 is 0. The van der Waals surface area contributed by atoms with Crippen LogP contribution < -0.4 is 5.73 Å². The third kappa shape index (κ3) is 5.41. The Labute approximate surface area is 116 Å². The first-order valence-corrected chi connectivity index (χ1v) is 6.00. The summed E-state index contributed by atoms with van der Waals surface area (Å²) in [6, 6.07) is 15.1. The Morgan fingerprint density at radius 3 is 1.90 bits per heavy atom. The van der Waals surface area contributed by atoms with E-state index in [0.29, 0.717) is 5.56 Å². The molecule has 0 radical (unpaired) electrons. The molecule has 5 heteroatoms. The second kappa shape index (κ2) is 7.81. The van der Waals surface area contributed by atoms with E-state index < -0.39 is 12.0 Å². The van der Waals surface area contributed by atoms with Crippen LogP contribution in [0.2, 0.25) is 0 Å². The molecule has 20 heavy (non-hydrogen) atoms.